The molecule has 1 amide bonds. The molecule has 1 unspecified atom stereocenters. The van der Waals surface area contributed by atoms with E-state index in [1.165, 1.54) is 24.3 Å². The van der Waals surface area contributed by atoms with Crippen LogP contribution in [0.3, 0.4) is 0 Å². The van der Waals surface area contributed by atoms with Gasteiger partial charge in [-0.05, 0) is 29.8 Å². The van der Waals surface area contributed by atoms with E-state index in [-0.39, 0.29) is 18.3 Å². The van der Waals surface area contributed by atoms with E-state index in [2.05, 4.69) is 10.3 Å². The maximum Gasteiger partial charge on any atom is 0.267 e. The first-order valence-corrected chi connectivity index (χ1v) is 5.52. The van der Waals surface area contributed by atoms with E-state index in [0.29, 0.717) is 11.3 Å². The Morgan fingerprint density at radius 1 is 1.33 bits per heavy atom. The molecule has 0 aliphatic heterocycles. The van der Waals surface area contributed by atoms with Crippen LogP contribution in [-0.4, -0.2) is 22.5 Å². The molecular formula is C13H13FN2O2. The lowest BCUT2D eigenvalue weighted by atomic mass is 10.1. The van der Waals surface area contributed by atoms with Gasteiger partial charge in [0.2, 0.25) is 0 Å². The fraction of sp³-hybridized carbons (Fsp3) is 0.154. The van der Waals surface area contributed by atoms with E-state index in [9.17, 15) is 14.3 Å². The first-order chi connectivity index (χ1) is 8.66. The molecule has 0 saturated heterocycles. The zero-order valence-electron chi connectivity index (χ0n) is 9.56. The molecule has 94 valence electrons. The summed E-state index contributed by atoms with van der Waals surface area (Å²) in [5, 5.41) is 12.4. The van der Waals surface area contributed by atoms with Crippen LogP contribution in [-0.2, 0) is 0 Å². The van der Waals surface area contributed by atoms with Crippen LogP contribution in [0, 0.1) is 5.82 Å². The maximum atomic E-state index is 12.7. The van der Waals surface area contributed by atoms with Crippen LogP contribution in [0.1, 0.15) is 22.2 Å². The summed E-state index contributed by atoms with van der Waals surface area (Å²) < 4.78 is 12.7. The van der Waals surface area contributed by atoms with Crippen molar-refractivity contribution in [2.75, 3.05) is 6.54 Å². The van der Waals surface area contributed by atoms with Gasteiger partial charge in [0.25, 0.3) is 5.91 Å². The topological polar surface area (TPSA) is 65.1 Å². The number of aliphatic hydroxyl groups is 1. The van der Waals surface area contributed by atoms with Gasteiger partial charge in [0, 0.05) is 12.7 Å². The fourth-order valence-electron chi connectivity index (χ4n) is 1.56. The van der Waals surface area contributed by atoms with Crippen molar-refractivity contribution >= 4 is 5.91 Å². The number of amides is 1. The number of aromatic nitrogens is 1. The van der Waals surface area contributed by atoms with Gasteiger partial charge < -0.3 is 15.4 Å². The zero-order chi connectivity index (χ0) is 13.0. The van der Waals surface area contributed by atoms with Gasteiger partial charge >= 0.3 is 0 Å². The third-order valence-electron chi connectivity index (χ3n) is 2.55. The molecule has 1 atom stereocenters. The van der Waals surface area contributed by atoms with Crippen LogP contribution in [0.4, 0.5) is 4.39 Å². The monoisotopic (exact) mass is 248 g/mol. The molecule has 18 heavy (non-hydrogen) atoms. The molecule has 0 aliphatic carbocycles. The molecule has 1 heterocycles. The number of benzene rings is 1. The lowest BCUT2D eigenvalue weighted by Crippen LogP contribution is -2.28. The first-order valence-electron chi connectivity index (χ1n) is 5.52. The number of hydrogen-bond donors (Lipinski definition) is 3. The van der Waals surface area contributed by atoms with Crippen molar-refractivity contribution in [2.24, 2.45) is 0 Å². The zero-order valence-corrected chi connectivity index (χ0v) is 9.56. The summed E-state index contributed by atoms with van der Waals surface area (Å²) in [6.07, 6.45) is 0.787. The smallest absolute Gasteiger partial charge is 0.267 e. The average molecular weight is 248 g/mol. The molecule has 1 aromatic heterocycles. The predicted octanol–water partition coefficient (Wildman–Crippen LogP) is 1.62. The molecule has 0 spiro atoms. The second-order valence-corrected chi connectivity index (χ2v) is 3.86. The van der Waals surface area contributed by atoms with Crippen LogP contribution in [0.15, 0.2) is 42.6 Å². The molecule has 0 radical (unpaired) electrons. The van der Waals surface area contributed by atoms with Crippen molar-refractivity contribution in [3.05, 3.63) is 59.7 Å². The molecule has 0 fully saturated rings. The largest absolute Gasteiger partial charge is 0.387 e. The molecule has 3 N–H and O–H groups in total. The lowest BCUT2D eigenvalue weighted by molar-refractivity contribution is 0.0912. The Hall–Kier alpha value is -2.14. The lowest BCUT2D eigenvalue weighted by Gasteiger charge is -2.11. The van der Waals surface area contributed by atoms with Crippen molar-refractivity contribution in [3.8, 4) is 0 Å². The highest BCUT2D eigenvalue weighted by molar-refractivity contribution is 5.92. The number of H-pyrrole nitrogens is 1. The van der Waals surface area contributed by atoms with E-state index >= 15 is 0 Å². The number of rotatable bonds is 4. The quantitative estimate of drug-likeness (QED) is 0.769. The highest BCUT2D eigenvalue weighted by Crippen LogP contribution is 2.12. The summed E-state index contributed by atoms with van der Waals surface area (Å²) in [6.45, 7) is 0.0729. The number of carbonyl (C=O) groups excluding carboxylic acids is 1. The number of aromatic amines is 1. The van der Waals surface area contributed by atoms with Gasteiger partial charge in [-0.2, -0.15) is 0 Å². The molecule has 4 nitrogen and oxygen atoms in total. The second-order valence-electron chi connectivity index (χ2n) is 3.86. The summed E-state index contributed by atoms with van der Waals surface area (Å²) in [5.74, 6) is -0.650. The molecule has 1 aromatic carbocycles. The van der Waals surface area contributed by atoms with E-state index in [1.54, 1.807) is 18.3 Å². The standard InChI is InChI=1S/C13H13FN2O2/c14-10-5-3-9(4-6-10)12(17)8-16-13(18)11-2-1-7-15-11/h1-7,12,15,17H,8H2,(H,16,18). The van der Waals surface area contributed by atoms with Crippen molar-refractivity contribution < 1.29 is 14.3 Å². The third kappa shape index (κ3) is 2.95. The molecule has 5 heteroatoms. The van der Waals surface area contributed by atoms with Crippen LogP contribution in [0.25, 0.3) is 0 Å². The second kappa shape index (κ2) is 5.46. The molecule has 0 aliphatic rings. The van der Waals surface area contributed by atoms with E-state index in [0.717, 1.165) is 0 Å². The van der Waals surface area contributed by atoms with Gasteiger partial charge in [0.1, 0.15) is 11.5 Å². The SMILES string of the molecule is O=C(NCC(O)c1ccc(F)cc1)c1ccc[nH]1. The summed E-state index contributed by atoms with van der Waals surface area (Å²) in [4.78, 5) is 14.3. The van der Waals surface area contributed by atoms with Gasteiger partial charge in [-0.1, -0.05) is 12.1 Å². The number of hydrogen-bond acceptors (Lipinski definition) is 2. The highest BCUT2D eigenvalue weighted by Gasteiger charge is 2.11. The number of carbonyl (C=O) groups is 1. The predicted molar refractivity (Wildman–Crippen MR) is 64.5 cm³/mol. The Morgan fingerprint density at radius 2 is 2.06 bits per heavy atom. The van der Waals surface area contributed by atoms with Gasteiger partial charge in [0.05, 0.1) is 6.10 Å². The van der Waals surface area contributed by atoms with Crippen molar-refractivity contribution in [1.29, 1.82) is 0 Å². The summed E-state index contributed by atoms with van der Waals surface area (Å²) in [5.41, 5.74) is 0.990. The van der Waals surface area contributed by atoms with Gasteiger partial charge in [0.15, 0.2) is 0 Å². The first kappa shape index (κ1) is 12.3. The minimum absolute atomic E-state index is 0.0729. The highest BCUT2D eigenvalue weighted by atomic mass is 19.1. The van der Waals surface area contributed by atoms with Crippen molar-refractivity contribution in [3.63, 3.8) is 0 Å². The van der Waals surface area contributed by atoms with Gasteiger partial charge in [-0.3, -0.25) is 4.79 Å². The summed E-state index contributed by atoms with van der Waals surface area (Å²) >= 11 is 0. The number of nitrogens with one attached hydrogen (secondary N) is 2. The maximum absolute atomic E-state index is 12.7. The molecule has 0 saturated carbocycles. The normalized spacial score (nSPS) is 12.1. The van der Waals surface area contributed by atoms with Crippen molar-refractivity contribution in [2.45, 2.75) is 6.10 Å². The van der Waals surface area contributed by atoms with E-state index in [4.69, 9.17) is 0 Å². The molecule has 0 bridgehead atoms. The van der Waals surface area contributed by atoms with Crippen LogP contribution < -0.4 is 5.32 Å². The third-order valence-corrected chi connectivity index (χ3v) is 2.55. The van der Waals surface area contributed by atoms with E-state index < -0.39 is 6.10 Å². The Balaban J connectivity index is 1.90. The molecule has 2 rings (SSSR count). The fourth-order valence-corrected chi connectivity index (χ4v) is 1.56. The average Bonchev–Trinajstić information content (AvgIpc) is 2.90. The Morgan fingerprint density at radius 3 is 2.67 bits per heavy atom. The van der Waals surface area contributed by atoms with E-state index in [1.807, 2.05) is 0 Å². The summed E-state index contributed by atoms with van der Waals surface area (Å²) in [6, 6.07) is 8.86. The minimum Gasteiger partial charge on any atom is -0.387 e. The van der Waals surface area contributed by atoms with Crippen molar-refractivity contribution in [1.82, 2.24) is 10.3 Å². The summed E-state index contributed by atoms with van der Waals surface area (Å²) in [7, 11) is 0. The van der Waals surface area contributed by atoms with Gasteiger partial charge in [-0.15, -0.1) is 0 Å². The Kier molecular flexibility index (Phi) is 3.74. The molecular weight excluding hydrogens is 235 g/mol. The minimum atomic E-state index is -0.857. The van der Waals surface area contributed by atoms with Crippen LogP contribution in [0.5, 0.6) is 0 Å². The number of halogens is 1. The Bertz CT molecular complexity index is 508. The van der Waals surface area contributed by atoms with Gasteiger partial charge in [-0.25, -0.2) is 4.39 Å². The van der Waals surface area contributed by atoms with Crippen LogP contribution in [0.2, 0.25) is 0 Å². The Labute approximate surface area is 103 Å². The molecule has 2 aromatic rings. The van der Waals surface area contributed by atoms with Crippen LogP contribution >= 0.6 is 0 Å². The number of aliphatic hydroxyl groups excluding tert-OH is 1.